The van der Waals surface area contributed by atoms with Gasteiger partial charge in [0.1, 0.15) is 12.8 Å². The molecule has 33 heavy (non-hydrogen) atoms. The molecule has 0 aliphatic carbocycles. The molecule has 0 saturated heterocycles. The van der Waals surface area contributed by atoms with Crippen molar-refractivity contribution in [3.63, 3.8) is 0 Å². The Labute approximate surface area is 191 Å². The summed E-state index contributed by atoms with van der Waals surface area (Å²) < 4.78 is 0. The van der Waals surface area contributed by atoms with Crippen molar-refractivity contribution in [2.24, 2.45) is 0 Å². The summed E-state index contributed by atoms with van der Waals surface area (Å²) in [6.45, 7) is -0.519. The molecule has 0 heterocycles. The molecule has 0 bridgehead atoms. The number of nitrogens with zero attached hydrogens (tertiary/aromatic N) is 2. The SMILES string of the molecule is CN(C(=O)CN(C(=O)CNC(=O)Nc1cccc(C=O)c1)c1ccccc1)c1ccccc1. The molecule has 4 amide bonds. The molecular weight excluding hydrogens is 420 g/mol. The second-order valence-corrected chi connectivity index (χ2v) is 7.15. The average Bonchev–Trinajstić information content (AvgIpc) is 2.86. The van der Waals surface area contributed by atoms with Crippen LogP contribution in [-0.2, 0) is 9.59 Å². The van der Waals surface area contributed by atoms with E-state index in [1.807, 2.05) is 24.3 Å². The van der Waals surface area contributed by atoms with Gasteiger partial charge in [0.25, 0.3) is 0 Å². The molecule has 8 heteroatoms. The van der Waals surface area contributed by atoms with Crippen LogP contribution in [0.25, 0.3) is 0 Å². The lowest BCUT2D eigenvalue weighted by Gasteiger charge is -2.25. The van der Waals surface area contributed by atoms with Crippen LogP contribution in [0.15, 0.2) is 84.9 Å². The topological polar surface area (TPSA) is 98.8 Å². The van der Waals surface area contributed by atoms with Crippen LogP contribution in [0.1, 0.15) is 10.4 Å². The molecule has 3 rings (SSSR count). The number of benzene rings is 3. The Balaban J connectivity index is 1.66. The Morgan fingerprint density at radius 2 is 1.45 bits per heavy atom. The largest absolute Gasteiger partial charge is 0.329 e. The van der Waals surface area contributed by atoms with E-state index < -0.39 is 11.9 Å². The highest BCUT2D eigenvalue weighted by Gasteiger charge is 2.22. The Morgan fingerprint density at radius 1 is 0.818 bits per heavy atom. The van der Waals surface area contributed by atoms with Crippen molar-refractivity contribution < 1.29 is 19.2 Å². The number of nitrogens with one attached hydrogen (secondary N) is 2. The highest BCUT2D eigenvalue weighted by molar-refractivity contribution is 6.05. The maximum Gasteiger partial charge on any atom is 0.319 e. The van der Waals surface area contributed by atoms with Gasteiger partial charge >= 0.3 is 6.03 Å². The van der Waals surface area contributed by atoms with Gasteiger partial charge in [-0.25, -0.2) is 4.79 Å². The molecule has 0 aliphatic heterocycles. The van der Waals surface area contributed by atoms with Crippen molar-refractivity contribution in [1.82, 2.24) is 5.32 Å². The zero-order chi connectivity index (χ0) is 23.6. The number of hydrogen-bond donors (Lipinski definition) is 2. The fraction of sp³-hybridized carbons (Fsp3) is 0.120. The summed E-state index contributed by atoms with van der Waals surface area (Å²) in [4.78, 5) is 51.8. The maximum atomic E-state index is 13.0. The van der Waals surface area contributed by atoms with Crippen molar-refractivity contribution in [2.45, 2.75) is 0 Å². The van der Waals surface area contributed by atoms with Gasteiger partial charge in [0.05, 0.1) is 6.54 Å². The van der Waals surface area contributed by atoms with Crippen LogP contribution in [-0.4, -0.2) is 44.3 Å². The van der Waals surface area contributed by atoms with Gasteiger partial charge in [-0.3, -0.25) is 14.4 Å². The molecule has 0 saturated carbocycles. The van der Waals surface area contributed by atoms with E-state index in [1.54, 1.807) is 61.6 Å². The summed E-state index contributed by atoms with van der Waals surface area (Å²) in [6, 6.07) is 23.7. The summed E-state index contributed by atoms with van der Waals surface area (Å²) in [5.41, 5.74) is 2.08. The minimum Gasteiger partial charge on any atom is -0.329 e. The summed E-state index contributed by atoms with van der Waals surface area (Å²) in [5, 5.41) is 5.07. The Bertz CT molecular complexity index is 1120. The number of anilines is 3. The van der Waals surface area contributed by atoms with Crippen LogP contribution in [0.4, 0.5) is 21.9 Å². The molecule has 3 aromatic carbocycles. The van der Waals surface area contributed by atoms with E-state index in [4.69, 9.17) is 0 Å². The van der Waals surface area contributed by atoms with Gasteiger partial charge in [-0.15, -0.1) is 0 Å². The number of rotatable bonds is 8. The lowest BCUT2D eigenvalue weighted by molar-refractivity contribution is -0.121. The van der Waals surface area contributed by atoms with Gasteiger partial charge in [-0.2, -0.15) is 0 Å². The highest BCUT2D eigenvalue weighted by Crippen LogP contribution is 2.16. The van der Waals surface area contributed by atoms with Crippen LogP contribution >= 0.6 is 0 Å². The van der Waals surface area contributed by atoms with Gasteiger partial charge in [0.2, 0.25) is 11.8 Å². The predicted octanol–water partition coefficient (Wildman–Crippen LogP) is 3.32. The fourth-order valence-electron chi connectivity index (χ4n) is 3.08. The molecule has 0 aliphatic rings. The fourth-order valence-corrected chi connectivity index (χ4v) is 3.08. The van der Waals surface area contributed by atoms with Crippen LogP contribution in [0.3, 0.4) is 0 Å². The molecule has 0 fully saturated rings. The third-order valence-electron chi connectivity index (χ3n) is 4.86. The number of para-hydroxylation sites is 2. The van der Waals surface area contributed by atoms with E-state index in [2.05, 4.69) is 10.6 Å². The molecule has 0 atom stereocenters. The van der Waals surface area contributed by atoms with Crippen LogP contribution in [0, 0.1) is 0 Å². The molecule has 0 radical (unpaired) electrons. The lowest BCUT2D eigenvalue weighted by Crippen LogP contribution is -2.46. The van der Waals surface area contributed by atoms with Crippen molar-refractivity contribution >= 4 is 41.2 Å². The van der Waals surface area contributed by atoms with Gasteiger partial charge in [-0.1, -0.05) is 48.5 Å². The van der Waals surface area contributed by atoms with Crippen molar-refractivity contribution in [3.8, 4) is 0 Å². The normalized spacial score (nSPS) is 10.1. The minimum atomic E-state index is -0.604. The second-order valence-electron chi connectivity index (χ2n) is 7.15. The quantitative estimate of drug-likeness (QED) is 0.521. The van der Waals surface area contributed by atoms with Crippen LogP contribution in [0.2, 0.25) is 0 Å². The van der Waals surface area contributed by atoms with Crippen molar-refractivity contribution in [3.05, 3.63) is 90.5 Å². The van der Waals surface area contributed by atoms with E-state index in [1.165, 1.54) is 15.9 Å². The Morgan fingerprint density at radius 3 is 2.09 bits per heavy atom. The number of urea groups is 1. The van der Waals surface area contributed by atoms with Crippen LogP contribution in [0.5, 0.6) is 0 Å². The first-order chi connectivity index (χ1) is 16.0. The summed E-state index contributed by atoms with van der Waals surface area (Å²) >= 11 is 0. The minimum absolute atomic E-state index is 0.196. The van der Waals surface area contributed by atoms with Crippen LogP contribution < -0.4 is 20.4 Å². The number of hydrogen-bond acceptors (Lipinski definition) is 4. The molecule has 0 spiro atoms. The summed E-state index contributed by atoms with van der Waals surface area (Å²) in [6.07, 6.45) is 0.674. The predicted molar refractivity (Wildman–Crippen MR) is 127 cm³/mol. The van der Waals surface area contributed by atoms with E-state index in [0.717, 1.165) is 0 Å². The first-order valence-corrected chi connectivity index (χ1v) is 10.2. The standard InChI is InChI=1S/C25H24N4O4/c1-28(21-11-4-2-5-12-21)24(32)17-29(22-13-6-3-7-14-22)23(31)16-26-25(33)27-20-10-8-9-19(15-20)18-30/h2-15,18H,16-17H2,1H3,(H2,26,27,33). The van der Waals surface area contributed by atoms with E-state index in [9.17, 15) is 19.2 Å². The smallest absolute Gasteiger partial charge is 0.319 e. The Hall–Kier alpha value is -4.46. The van der Waals surface area contributed by atoms with E-state index >= 15 is 0 Å². The summed E-state index contributed by atoms with van der Waals surface area (Å²) in [7, 11) is 1.64. The summed E-state index contributed by atoms with van der Waals surface area (Å²) in [5.74, 6) is -0.735. The van der Waals surface area contributed by atoms with Crippen molar-refractivity contribution in [1.29, 1.82) is 0 Å². The molecule has 0 aromatic heterocycles. The number of aldehydes is 1. The van der Waals surface area contributed by atoms with Gasteiger partial charge in [-0.05, 0) is 36.4 Å². The third kappa shape index (κ3) is 6.51. The van der Waals surface area contributed by atoms with Crippen molar-refractivity contribution in [2.75, 3.05) is 35.3 Å². The molecule has 2 N–H and O–H groups in total. The zero-order valence-electron chi connectivity index (χ0n) is 18.1. The molecular formula is C25H24N4O4. The van der Waals surface area contributed by atoms with Gasteiger partial charge in [0.15, 0.2) is 0 Å². The third-order valence-corrected chi connectivity index (χ3v) is 4.86. The zero-order valence-corrected chi connectivity index (χ0v) is 18.1. The number of likely N-dealkylation sites (N-methyl/N-ethyl adjacent to an activating group) is 1. The lowest BCUT2D eigenvalue weighted by atomic mass is 10.2. The highest BCUT2D eigenvalue weighted by atomic mass is 16.2. The first kappa shape index (κ1) is 23.2. The average molecular weight is 444 g/mol. The molecule has 8 nitrogen and oxygen atoms in total. The second kappa shape index (κ2) is 11.2. The van der Waals surface area contributed by atoms with Gasteiger partial charge in [0, 0.05) is 29.7 Å². The molecule has 168 valence electrons. The number of carbonyl (C=O) groups is 4. The molecule has 3 aromatic rings. The van der Waals surface area contributed by atoms with E-state index in [-0.39, 0.29) is 19.0 Å². The first-order valence-electron chi connectivity index (χ1n) is 10.2. The Kier molecular flexibility index (Phi) is 7.91. The van der Waals surface area contributed by atoms with Gasteiger partial charge < -0.3 is 20.4 Å². The monoisotopic (exact) mass is 444 g/mol. The maximum absolute atomic E-state index is 13.0. The number of carbonyl (C=O) groups excluding carboxylic acids is 4. The molecule has 0 unspecified atom stereocenters. The number of amides is 4. The van der Waals surface area contributed by atoms with E-state index in [0.29, 0.717) is 28.9 Å².